The van der Waals surface area contributed by atoms with Crippen LogP contribution in [-0.2, 0) is 19.7 Å². The molecule has 1 aliphatic rings. The highest BCUT2D eigenvalue weighted by molar-refractivity contribution is 5.85. The van der Waals surface area contributed by atoms with E-state index in [4.69, 9.17) is 9.47 Å². The molecular weight excluding hydrogens is 314 g/mol. The Bertz CT molecular complexity index is 645. The van der Waals surface area contributed by atoms with Crippen molar-refractivity contribution in [3.05, 3.63) is 23.8 Å². The van der Waals surface area contributed by atoms with Crippen LogP contribution in [0.4, 0.5) is 10.5 Å². The minimum Gasteiger partial charge on any atom is -0.508 e. The van der Waals surface area contributed by atoms with Crippen molar-refractivity contribution in [3.8, 4) is 5.75 Å². The molecule has 0 radical (unpaired) electrons. The number of carboxylic acids is 1. The van der Waals surface area contributed by atoms with Gasteiger partial charge in [-0.15, -0.1) is 0 Å². The SMILES string of the molecule is COC(C(=O)O)C1(c2cc(NC(=O)OC(C)(C)C)ccc2O)CC1. The van der Waals surface area contributed by atoms with Gasteiger partial charge >= 0.3 is 12.1 Å². The molecule has 0 spiro atoms. The van der Waals surface area contributed by atoms with Crippen LogP contribution >= 0.6 is 0 Å². The molecule has 1 aromatic carbocycles. The summed E-state index contributed by atoms with van der Waals surface area (Å²) in [6.45, 7) is 5.26. The second-order valence-corrected chi connectivity index (χ2v) is 6.97. The van der Waals surface area contributed by atoms with E-state index in [9.17, 15) is 19.8 Å². The molecule has 1 atom stereocenters. The number of rotatable bonds is 5. The maximum Gasteiger partial charge on any atom is 0.412 e. The third kappa shape index (κ3) is 3.79. The predicted octanol–water partition coefficient (Wildman–Crippen LogP) is 2.87. The second kappa shape index (κ2) is 6.32. The molecule has 0 bridgehead atoms. The zero-order chi connectivity index (χ0) is 18.1. The van der Waals surface area contributed by atoms with Crippen LogP contribution in [-0.4, -0.2) is 41.1 Å². The maximum absolute atomic E-state index is 11.9. The number of methoxy groups -OCH3 is 1. The maximum atomic E-state index is 11.9. The molecule has 7 heteroatoms. The lowest BCUT2D eigenvalue weighted by Gasteiger charge is -2.24. The van der Waals surface area contributed by atoms with Gasteiger partial charge in [-0.2, -0.15) is 0 Å². The molecule has 0 aliphatic heterocycles. The highest BCUT2D eigenvalue weighted by Gasteiger charge is 2.55. The summed E-state index contributed by atoms with van der Waals surface area (Å²) in [5.41, 5.74) is -0.545. The molecule has 0 heterocycles. The summed E-state index contributed by atoms with van der Waals surface area (Å²) in [5, 5.41) is 22.1. The van der Waals surface area contributed by atoms with Gasteiger partial charge in [0.05, 0.1) is 0 Å². The van der Waals surface area contributed by atoms with Crippen molar-refractivity contribution in [2.45, 2.75) is 50.7 Å². The largest absolute Gasteiger partial charge is 0.508 e. The smallest absolute Gasteiger partial charge is 0.412 e. The van der Waals surface area contributed by atoms with Crippen molar-refractivity contribution in [1.82, 2.24) is 0 Å². The highest BCUT2D eigenvalue weighted by atomic mass is 16.6. The van der Waals surface area contributed by atoms with Crippen LogP contribution in [0.3, 0.4) is 0 Å². The molecule has 1 amide bonds. The number of anilines is 1. The number of aromatic hydroxyl groups is 1. The van der Waals surface area contributed by atoms with Crippen molar-refractivity contribution < 1.29 is 29.3 Å². The summed E-state index contributed by atoms with van der Waals surface area (Å²) in [5.74, 6) is -1.11. The van der Waals surface area contributed by atoms with Gasteiger partial charge in [0.15, 0.2) is 6.10 Å². The van der Waals surface area contributed by atoms with E-state index in [1.807, 2.05) is 0 Å². The van der Waals surface area contributed by atoms with Crippen molar-refractivity contribution in [3.63, 3.8) is 0 Å². The van der Waals surface area contributed by atoms with Crippen LogP contribution in [0.25, 0.3) is 0 Å². The number of hydrogen-bond donors (Lipinski definition) is 3. The first-order valence-corrected chi connectivity index (χ1v) is 7.68. The van der Waals surface area contributed by atoms with Gasteiger partial charge in [0, 0.05) is 23.8 Å². The van der Waals surface area contributed by atoms with Crippen LogP contribution in [0, 0.1) is 0 Å². The van der Waals surface area contributed by atoms with Crippen LogP contribution in [0.5, 0.6) is 5.75 Å². The zero-order valence-electron chi connectivity index (χ0n) is 14.3. The van der Waals surface area contributed by atoms with Crippen LogP contribution in [0.15, 0.2) is 18.2 Å². The fourth-order valence-corrected chi connectivity index (χ4v) is 2.80. The summed E-state index contributed by atoms with van der Waals surface area (Å²) in [6, 6.07) is 4.53. The van der Waals surface area contributed by atoms with E-state index in [2.05, 4.69) is 5.32 Å². The summed E-state index contributed by atoms with van der Waals surface area (Å²) < 4.78 is 10.3. The van der Waals surface area contributed by atoms with Gasteiger partial charge < -0.3 is 19.7 Å². The van der Waals surface area contributed by atoms with Crippen molar-refractivity contribution in [2.24, 2.45) is 0 Å². The standard InChI is InChI=1S/C17H23NO6/c1-16(2,3)24-15(22)18-10-5-6-12(19)11(9-10)17(7-8-17)13(23-4)14(20)21/h5-6,9,13,19H,7-8H2,1-4H3,(H,18,22)(H,20,21). The average molecular weight is 337 g/mol. The number of nitrogens with one attached hydrogen (secondary N) is 1. The molecular formula is C17H23NO6. The molecule has 1 aliphatic carbocycles. The van der Waals surface area contributed by atoms with Crippen LogP contribution in [0.1, 0.15) is 39.2 Å². The molecule has 0 aromatic heterocycles. The molecule has 1 saturated carbocycles. The lowest BCUT2D eigenvalue weighted by molar-refractivity contribution is -0.150. The minimum absolute atomic E-state index is 0.0226. The average Bonchev–Trinajstić information content (AvgIpc) is 3.20. The van der Waals surface area contributed by atoms with Gasteiger partial charge in [-0.05, 0) is 51.8 Å². The molecule has 0 saturated heterocycles. The Morgan fingerprint density at radius 1 is 1.29 bits per heavy atom. The van der Waals surface area contributed by atoms with Crippen LogP contribution in [0.2, 0.25) is 0 Å². The van der Waals surface area contributed by atoms with Crippen molar-refractivity contribution in [1.29, 1.82) is 0 Å². The van der Waals surface area contributed by atoms with Crippen LogP contribution < -0.4 is 5.32 Å². The molecule has 132 valence electrons. The first-order valence-electron chi connectivity index (χ1n) is 7.68. The van der Waals surface area contributed by atoms with E-state index >= 15 is 0 Å². The summed E-state index contributed by atoms with van der Waals surface area (Å²) >= 11 is 0. The fourth-order valence-electron chi connectivity index (χ4n) is 2.80. The number of benzene rings is 1. The highest BCUT2D eigenvalue weighted by Crippen LogP contribution is 2.55. The van der Waals surface area contributed by atoms with E-state index < -0.39 is 29.2 Å². The van der Waals surface area contributed by atoms with Crippen molar-refractivity contribution in [2.75, 3.05) is 12.4 Å². The van der Waals surface area contributed by atoms with E-state index in [-0.39, 0.29) is 5.75 Å². The second-order valence-electron chi connectivity index (χ2n) is 6.97. The van der Waals surface area contributed by atoms with E-state index in [1.165, 1.54) is 19.2 Å². The number of ether oxygens (including phenoxy) is 2. The summed E-state index contributed by atoms with van der Waals surface area (Å²) in [7, 11) is 1.33. The zero-order valence-corrected chi connectivity index (χ0v) is 14.3. The molecule has 24 heavy (non-hydrogen) atoms. The Kier molecular flexibility index (Phi) is 4.75. The summed E-state index contributed by atoms with van der Waals surface area (Å²) in [6.07, 6.45) is -0.506. The minimum atomic E-state index is -1.08. The molecule has 1 aromatic rings. The Hall–Kier alpha value is -2.28. The van der Waals surface area contributed by atoms with Gasteiger partial charge in [-0.25, -0.2) is 9.59 Å². The number of hydrogen-bond acceptors (Lipinski definition) is 5. The number of aliphatic carboxylic acids is 1. The van der Waals surface area contributed by atoms with Gasteiger partial charge in [0.1, 0.15) is 11.4 Å². The third-order valence-electron chi connectivity index (χ3n) is 3.93. The lowest BCUT2D eigenvalue weighted by atomic mass is 9.88. The lowest BCUT2D eigenvalue weighted by Crippen LogP contribution is -2.36. The number of carbonyl (C=O) groups is 2. The number of phenols is 1. The van der Waals surface area contributed by atoms with E-state index in [0.29, 0.717) is 24.1 Å². The molecule has 1 unspecified atom stereocenters. The summed E-state index contributed by atoms with van der Waals surface area (Å²) in [4.78, 5) is 23.3. The predicted molar refractivity (Wildman–Crippen MR) is 87.3 cm³/mol. The van der Waals surface area contributed by atoms with E-state index in [0.717, 1.165) is 0 Å². The molecule has 1 fully saturated rings. The quantitative estimate of drug-likeness (QED) is 0.714. The normalized spacial score (nSPS) is 17.0. The van der Waals surface area contributed by atoms with Gasteiger partial charge in [-0.3, -0.25) is 5.32 Å². The number of phenolic OH excluding ortho intramolecular Hbond substituents is 1. The fraction of sp³-hybridized carbons (Fsp3) is 0.529. The monoisotopic (exact) mass is 337 g/mol. The number of amides is 1. The molecule has 2 rings (SSSR count). The molecule has 7 nitrogen and oxygen atoms in total. The van der Waals surface area contributed by atoms with Gasteiger partial charge in [0.2, 0.25) is 0 Å². The first-order chi connectivity index (χ1) is 11.1. The Labute approximate surface area is 140 Å². The molecule has 3 N–H and O–H groups in total. The van der Waals surface area contributed by atoms with Crippen molar-refractivity contribution >= 4 is 17.7 Å². The Balaban J connectivity index is 2.27. The topological polar surface area (TPSA) is 105 Å². The van der Waals surface area contributed by atoms with Gasteiger partial charge in [-0.1, -0.05) is 0 Å². The third-order valence-corrected chi connectivity index (χ3v) is 3.93. The number of carboxylic acid groups (broad SMARTS) is 1. The Morgan fingerprint density at radius 2 is 1.92 bits per heavy atom. The Morgan fingerprint density at radius 3 is 2.38 bits per heavy atom. The van der Waals surface area contributed by atoms with Gasteiger partial charge in [0.25, 0.3) is 0 Å². The number of carbonyl (C=O) groups excluding carboxylic acids is 1. The first kappa shape index (κ1) is 18.1. The van der Waals surface area contributed by atoms with E-state index in [1.54, 1.807) is 26.8 Å².